The number of nitrogens with one attached hydrogen (secondary N) is 1. The third-order valence-electron chi connectivity index (χ3n) is 3.35. The second kappa shape index (κ2) is 10.6. The van der Waals surface area contributed by atoms with Crippen LogP contribution in [0.1, 0.15) is 64.4 Å². The summed E-state index contributed by atoms with van der Waals surface area (Å²) in [4.78, 5) is 11.7. The molecule has 1 aromatic carbocycles. The van der Waals surface area contributed by atoms with Crippen LogP contribution in [0.2, 0.25) is 0 Å². The van der Waals surface area contributed by atoms with Gasteiger partial charge in [0.2, 0.25) is 5.91 Å². The van der Waals surface area contributed by atoms with E-state index in [9.17, 15) is 4.79 Å². The van der Waals surface area contributed by atoms with E-state index in [1.165, 1.54) is 25.7 Å². The van der Waals surface area contributed by atoms with Crippen molar-refractivity contribution in [1.29, 1.82) is 0 Å². The van der Waals surface area contributed by atoms with E-state index in [0.717, 1.165) is 28.6 Å². The topological polar surface area (TPSA) is 41.5 Å². The van der Waals surface area contributed by atoms with Crippen molar-refractivity contribution in [3.05, 3.63) is 34.3 Å². The standard InChI is InChI=1S/C17H25BrN2O/c1-3-4-5-6-7-8-12-17(21)20-19-14(2)15-10-9-11-16(18)13-15/h9-11,13H,3-8,12H2,1-2H3,(H,20,21). The number of nitrogens with zero attached hydrogens (tertiary/aromatic N) is 1. The average molecular weight is 353 g/mol. The molecule has 0 spiro atoms. The van der Waals surface area contributed by atoms with Gasteiger partial charge in [0, 0.05) is 10.9 Å². The third kappa shape index (κ3) is 8.00. The molecule has 0 atom stereocenters. The smallest absolute Gasteiger partial charge is 0.240 e. The van der Waals surface area contributed by atoms with E-state index in [4.69, 9.17) is 0 Å². The van der Waals surface area contributed by atoms with Gasteiger partial charge in [0.15, 0.2) is 0 Å². The maximum absolute atomic E-state index is 11.7. The molecule has 0 heterocycles. The van der Waals surface area contributed by atoms with Gasteiger partial charge in [-0.1, -0.05) is 67.1 Å². The quantitative estimate of drug-likeness (QED) is 0.377. The first-order valence-corrected chi connectivity index (χ1v) is 8.52. The van der Waals surface area contributed by atoms with Crippen molar-refractivity contribution >= 4 is 27.5 Å². The SMILES string of the molecule is CCCCCCCCC(=O)NN=C(C)c1cccc(Br)c1. The molecule has 21 heavy (non-hydrogen) atoms. The van der Waals surface area contributed by atoms with Crippen LogP contribution in [-0.2, 0) is 4.79 Å². The molecule has 0 saturated carbocycles. The summed E-state index contributed by atoms with van der Waals surface area (Å²) < 4.78 is 1.01. The van der Waals surface area contributed by atoms with Crippen molar-refractivity contribution in [3.8, 4) is 0 Å². The first kappa shape index (κ1) is 17.9. The van der Waals surface area contributed by atoms with Crippen LogP contribution in [-0.4, -0.2) is 11.6 Å². The molecule has 0 saturated heterocycles. The van der Waals surface area contributed by atoms with Gasteiger partial charge in [-0.25, -0.2) is 5.43 Å². The Morgan fingerprint density at radius 2 is 1.90 bits per heavy atom. The predicted molar refractivity (Wildman–Crippen MR) is 92.5 cm³/mol. The Morgan fingerprint density at radius 1 is 1.19 bits per heavy atom. The highest BCUT2D eigenvalue weighted by Gasteiger charge is 2.02. The number of unbranched alkanes of at least 4 members (excludes halogenated alkanes) is 5. The zero-order valence-electron chi connectivity index (χ0n) is 13.0. The maximum atomic E-state index is 11.7. The third-order valence-corrected chi connectivity index (χ3v) is 3.84. The molecule has 0 aliphatic heterocycles. The number of hydrazone groups is 1. The number of amides is 1. The lowest BCUT2D eigenvalue weighted by Gasteiger charge is -2.04. The van der Waals surface area contributed by atoms with Gasteiger partial charge in [-0.2, -0.15) is 5.10 Å². The Kier molecular flexibility index (Phi) is 8.99. The zero-order chi connectivity index (χ0) is 15.5. The van der Waals surface area contributed by atoms with Gasteiger partial charge in [0.1, 0.15) is 0 Å². The molecule has 0 unspecified atom stereocenters. The molecule has 0 radical (unpaired) electrons. The molecule has 1 amide bonds. The Morgan fingerprint density at radius 3 is 2.62 bits per heavy atom. The van der Waals surface area contributed by atoms with Gasteiger partial charge >= 0.3 is 0 Å². The first-order chi connectivity index (χ1) is 10.1. The van der Waals surface area contributed by atoms with Gasteiger partial charge in [-0.05, 0) is 31.0 Å². The zero-order valence-corrected chi connectivity index (χ0v) is 14.6. The molecular formula is C17H25BrN2O. The van der Waals surface area contributed by atoms with Gasteiger partial charge in [0.05, 0.1) is 5.71 Å². The maximum Gasteiger partial charge on any atom is 0.240 e. The molecule has 1 aromatic rings. The summed E-state index contributed by atoms with van der Waals surface area (Å²) in [5, 5.41) is 4.16. The lowest BCUT2D eigenvalue weighted by Crippen LogP contribution is -2.18. The number of hydrogen-bond acceptors (Lipinski definition) is 2. The lowest BCUT2D eigenvalue weighted by molar-refractivity contribution is -0.121. The van der Waals surface area contributed by atoms with E-state index in [2.05, 4.69) is 33.4 Å². The Bertz CT molecular complexity index is 472. The minimum Gasteiger partial charge on any atom is -0.273 e. The molecule has 3 nitrogen and oxygen atoms in total. The second-order valence-electron chi connectivity index (χ2n) is 5.26. The highest BCUT2D eigenvalue weighted by atomic mass is 79.9. The Balaban J connectivity index is 2.27. The van der Waals surface area contributed by atoms with Crippen LogP contribution in [0.4, 0.5) is 0 Å². The van der Waals surface area contributed by atoms with Crippen LogP contribution in [0.5, 0.6) is 0 Å². The van der Waals surface area contributed by atoms with E-state index in [1.54, 1.807) is 0 Å². The first-order valence-electron chi connectivity index (χ1n) is 7.72. The van der Waals surface area contributed by atoms with Crippen LogP contribution in [0.3, 0.4) is 0 Å². The number of rotatable bonds is 9. The molecule has 1 rings (SSSR count). The number of halogens is 1. The van der Waals surface area contributed by atoms with Crippen LogP contribution in [0.15, 0.2) is 33.8 Å². The van der Waals surface area contributed by atoms with Crippen molar-refractivity contribution in [2.24, 2.45) is 5.10 Å². The van der Waals surface area contributed by atoms with Crippen molar-refractivity contribution in [1.82, 2.24) is 5.43 Å². The van der Waals surface area contributed by atoms with Gasteiger partial charge in [-0.3, -0.25) is 4.79 Å². The minimum absolute atomic E-state index is 0.000150. The highest BCUT2D eigenvalue weighted by molar-refractivity contribution is 9.10. The van der Waals surface area contributed by atoms with Gasteiger partial charge in [0.25, 0.3) is 0 Å². The average Bonchev–Trinajstić information content (AvgIpc) is 2.48. The number of carbonyl (C=O) groups is 1. The fourth-order valence-electron chi connectivity index (χ4n) is 2.05. The van der Waals surface area contributed by atoms with Crippen LogP contribution in [0, 0.1) is 0 Å². The van der Waals surface area contributed by atoms with E-state index < -0.39 is 0 Å². The summed E-state index contributed by atoms with van der Waals surface area (Å²) in [6, 6.07) is 7.88. The molecule has 0 aromatic heterocycles. The van der Waals surface area contributed by atoms with Crippen molar-refractivity contribution < 1.29 is 4.79 Å². The fraction of sp³-hybridized carbons (Fsp3) is 0.529. The van der Waals surface area contributed by atoms with E-state index >= 15 is 0 Å². The molecule has 116 valence electrons. The lowest BCUT2D eigenvalue weighted by atomic mass is 10.1. The van der Waals surface area contributed by atoms with E-state index in [0.29, 0.717) is 6.42 Å². The summed E-state index contributed by atoms with van der Waals surface area (Å²) in [6.07, 6.45) is 7.68. The minimum atomic E-state index is -0.000150. The molecule has 1 N–H and O–H groups in total. The number of carbonyl (C=O) groups excluding carboxylic acids is 1. The fourth-order valence-corrected chi connectivity index (χ4v) is 2.45. The Hall–Kier alpha value is -1.16. The molecular weight excluding hydrogens is 328 g/mol. The normalized spacial score (nSPS) is 11.5. The summed E-state index contributed by atoms with van der Waals surface area (Å²) in [5.41, 5.74) is 4.45. The molecule has 4 heteroatoms. The predicted octanol–water partition coefficient (Wildman–Crippen LogP) is 5.04. The number of hydrogen-bond donors (Lipinski definition) is 1. The number of benzene rings is 1. The van der Waals surface area contributed by atoms with Crippen LogP contribution < -0.4 is 5.43 Å². The Labute approximate surface area is 136 Å². The van der Waals surface area contributed by atoms with E-state index in [-0.39, 0.29) is 5.91 Å². The summed E-state index contributed by atoms with van der Waals surface area (Å²) >= 11 is 3.43. The second-order valence-corrected chi connectivity index (χ2v) is 6.18. The van der Waals surface area contributed by atoms with Crippen molar-refractivity contribution in [2.45, 2.75) is 58.8 Å². The van der Waals surface area contributed by atoms with Gasteiger partial charge < -0.3 is 0 Å². The molecule has 0 fully saturated rings. The summed E-state index contributed by atoms with van der Waals surface area (Å²) in [5.74, 6) is -0.000150. The van der Waals surface area contributed by atoms with E-state index in [1.807, 2.05) is 31.2 Å². The summed E-state index contributed by atoms with van der Waals surface area (Å²) in [6.45, 7) is 4.10. The summed E-state index contributed by atoms with van der Waals surface area (Å²) in [7, 11) is 0. The van der Waals surface area contributed by atoms with Crippen molar-refractivity contribution in [3.63, 3.8) is 0 Å². The largest absolute Gasteiger partial charge is 0.273 e. The van der Waals surface area contributed by atoms with Crippen molar-refractivity contribution in [2.75, 3.05) is 0 Å². The molecule has 0 bridgehead atoms. The monoisotopic (exact) mass is 352 g/mol. The van der Waals surface area contributed by atoms with Gasteiger partial charge in [-0.15, -0.1) is 0 Å². The molecule has 0 aliphatic rings. The molecule has 0 aliphatic carbocycles. The highest BCUT2D eigenvalue weighted by Crippen LogP contribution is 2.12. The van der Waals surface area contributed by atoms with Crippen LogP contribution >= 0.6 is 15.9 Å². The van der Waals surface area contributed by atoms with Crippen LogP contribution in [0.25, 0.3) is 0 Å².